The number of carbonyl (C=O) groups excluding carboxylic acids is 1. The molecule has 1 heterocycles. The third kappa shape index (κ3) is 3.37. The zero-order valence-electron chi connectivity index (χ0n) is 12.5. The van der Waals surface area contributed by atoms with E-state index in [2.05, 4.69) is 10.5 Å². The Morgan fingerprint density at radius 2 is 1.87 bits per heavy atom. The number of nitrogens with two attached hydrogens (primary N) is 2. The lowest BCUT2D eigenvalue weighted by molar-refractivity contribution is -0.114. The van der Waals surface area contributed by atoms with E-state index < -0.39 is 0 Å². The van der Waals surface area contributed by atoms with E-state index >= 15 is 0 Å². The minimum atomic E-state index is -0.114. The number of rotatable bonds is 5. The van der Waals surface area contributed by atoms with Gasteiger partial charge in [0.1, 0.15) is 6.26 Å². The molecule has 0 unspecified atom stereocenters. The van der Waals surface area contributed by atoms with E-state index in [0.29, 0.717) is 18.5 Å². The van der Waals surface area contributed by atoms with Gasteiger partial charge in [0.2, 0.25) is 0 Å². The first-order valence-corrected chi connectivity index (χ1v) is 7.22. The molecule has 3 aromatic rings. The lowest BCUT2D eigenvalue weighted by Crippen LogP contribution is -2.46. The average molecular weight is 309 g/mol. The van der Waals surface area contributed by atoms with Crippen molar-refractivity contribution in [1.82, 2.24) is 10.5 Å². The lowest BCUT2D eigenvalue weighted by Gasteiger charge is -2.06. The Morgan fingerprint density at radius 3 is 2.52 bits per heavy atom. The second-order valence-corrected chi connectivity index (χ2v) is 5.27. The van der Waals surface area contributed by atoms with Gasteiger partial charge >= 0.3 is 0 Å². The van der Waals surface area contributed by atoms with Crippen LogP contribution in [0.1, 0.15) is 21.5 Å². The number of benzene rings is 2. The van der Waals surface area contributed by atoms with Crippen molar-refractivity contribution >= 4 is 22.5 Å². The van der Waals surface area contributed by atoms with E-state index in [1.807, 2.05) is 30.3 Å². The summed E-state index contributed by atoms with van der Waals surface area (Å²) in [5, 5.41) is 14.0. The van der Waals surface area contributed by atoms with Gasteiger partial charge in [0.25, 0.3) is 11.7 Å². The Kier molecular flexibility index (Phi) is 4.05. The van der Waals surface area contributed by atoms with Gasteiger partial charge in [-0.05, 0) is 41.5 Å². The summed E-state index contributed by atoms with van der Waals surface area (Å²) in [5.74, 6) is 0.166. The maximum Gasteiger partial charge on any atom is 0.270 e. The van der Waals surface area contributed by atoms with E-state index in [-0.39, 0.29) is 11.7 Å². The number of amidine groups is 1. The monoisotopic (exact) mass is 309 g/mol. The minimum absolute atomic E-state index is 0.114. The van der Waals surface area contributed by atoms with Crippen LogP contribution < -0.4 is 16.5 Å². The smallest absolute Gasteiger partial charge is 0.270 e. The molecule has 0 aliphatic carbocycles. The second kappa shape index (κ2) is 6.31. The van der Waals surface area contributed by atoms with E-state index in [1.165, 1.54) is 0 Å². The fraction of sp³-hybridized carbons (Fsp3) is 0.118. The highest BCUT2D eigenvalue weighted by atomic mass is 16.5. The Bertz CT molecular complexity index is 856. The van der Waals surface area contributed by atoms with Gasteiger partial charge in [-0.25, -0.2) is 0 Å². The topological polar surface area (TPSA) is 107 Å². The molecule has 0 spiro atoms. The van der Waals surface area contributed by atoms with Crippen molar-refractivity contribution in [1.29, 1.82) is 0 Å². The Balaban J connectivity index is 1.70. The number of hydrogen-bond acceptors (Lipinski definition) is 3. The number of carbonyl (C=O) groups is 1. The highest BCUT2D eigenvalue weighted by molar-refractivity contribution is 6.01. The van der Waals surface area contributed by atoms with Gasteiger partial charge in [0.15, 0.2) is 0 Å². The van der Waals surface area contributed by atoms with Crippen LogP contribution in [0.3, 0.4) is 0 Å². The maximum absolute atomic E-state index is 12.2. The SMILES string of the molecule is NC(=[NH2+])c1ccc2cc(C(=O)NCCc3cnoc3)ccc2c1. The van der Waals surface area contributed by atoms with Gasteiger partial charge in [0.05, 0.1) is 11.8 Å². The molecule has 1 aromatic heterocycles. The first kappa shape index (κ1) is 14.8. The van der Waals surface area contributed by atoms with Crippen LogP contribution in [0.4, 0.5) is 0 Å². The first-order valence-electron chi connectivity index (χ1n) is 7.22. The lowest BCUT2D eigenvalue weighted by atomic mass is 10.0. The molecule has 6 nitrogen and oxygen atoms in total. The van der Waals surface area contributed by atoms with E-state index in [0.717, 1.165) is 21.9 Å². The van der Waals surface area contributed by atoms with Crippen molar-refractivity contribution in [3.63, 3.8) is 0 Å². The van der Waals surface area contributed by atoms with Crippen LogP contribution in [0.5, 0.6) is 0 Å². The number of amides is 1. The van der Waals surface area contributed by atoms with Crippen LogP contribution in [0.15, 0.2) is 53.4 Å². The van der Waals surface area contributed by atoms with Gasteiger partial charge < -0.3 is 9.84 Å². The number of nitrogens with one attached hydrogen (secondary N) is 1. The van der Waals surface area contributed by atoms with Crippen molar-refractivity contribution in [2.24, 2.45) is 5.73 Å². The van der Waals surface area contributed by atoms with Gasteiger partial charge in [-0.2, -0.15) is 0 Å². The maximum atomic E-state index is 12.2. The van der Waals surface area contributed by atoms with Gasteiger partial charge in [-0.3, -0.25) is 15.9 Å². The van der Waals surface area contributed by atoms with E-state index in [4.69, 9.17) is 15.7 Å². The summed E-state index contributed by atoms with van der Waals surface area (Å²) in [6.45, 7) is 0.524. The van der Waals surface area contributed by atoms with Crippen molar-refractivity contribution in [2.75, 3.05) is 6.54 Å². The fourth-order valence-corrected chi connectivity index (χ4v) is 2.34. The molecule has 0 aliphatic rings. The third-order valence-electron chi connectivity index (χ3n) is 3.62. The van der Waals surface area contributed by atoms with Gasteiger partial charge in [0, 0.05) is 17.7 Å². The van der Waals surface area contributed by atoms with Crippen molar-refractivity contribution in [3.05, 3.63) is 65.5 Å². The largest absolute Gasteiger partial charge is 0.364 e. The molecule has 0 bridgehead atoms. The fourth-order valence-electron chi connectivity index (χ4n) is 2.34. The Morgan fingerprint density at radius 1 is 1.17 bits per heavy atom. The molecule has 5 N–H and O–H groups in total. The summed E-state index contributed by atoms with van der Waals surface area (Å²) < 4.78 is 4.75. The summed E-state index contributed by atoms with van der Waals surface area (Å²) in [6, 6.07) is 11.2. The zero-order valence-corrected chi connectivity index (χ0v) is 12.5. The van der Waals surface area contributed by atoms with E-state index in [9.17, 15) is 4.79 Å². The van der Waals surface area contributed by atoms with Crippen LogP contribution in [-0.2, 0) is 6.42 Å². The third-order valence-corrected chi connectivity index (χ3v) is 3.62. The van der Waals surface area contributed by atoms with Crippen LogP contribution in [0, 0.1) is 0 Å². The molecular weight excluding hydrogens is 292 g/mol. The highest BCUT2D eigenvalue weighted by Crippen LogP contribution is 2.17. The molecule has 0 radical (unpaired) electrons. The van der Waals surface area contributed by atoms with E-state index in [1.54, 1.807) is 18.5 Å². The summed E-state index contributed by atoms with van der Waals surface area (Å²) in [7, 11) is 0. The predicted molar refractivity (Wildman–Crippen MR) is 86.7 cm³/mol. The Labute approximate surface area is 132 Å². The molecule has 0 fully saturated rings. The number of hydrogen-bond donors (Lipinski definition) is 3. The molecular formula is C17H17N4O2+. The van der Waals surface area contributed by atoms with Crippen LogP contribution >= 0.6 is 0 Å². The highest BCUT2D eigenvalue weighted by Gasteiger charge is 2.08. The molecule has 0 atom stereocenters. The number of fused-ring (bicyclic) bond motifs is 1. The summed E-state index contributed by atoms with van der Waals surface area (Å²) in [6.07, 6.45) is 3.89. The van der Waals surface area contributed by atoms with Crippen LogP contribution in [-0.4, -0.2) is 23.4 Å². The zero-order chi connectivity index (χ0) is 16.2. The molecule has 23 heavy (non-hydrogen) atoms. The van der Waals surface area contributed by atoms with Crippen molar-refractivity contribution in [2.45, 2.75) is 6.42 Å². The summed E-state index contributed by atoms with van der Waals surface area (Å²) >= 11 is 0. The van der Waals surface area contributed by atoms with Crippen molar-refractivity contribution < 1.29 is 14.7 Å². The first-order chi connectivity index (χ1) is 11.1. The van der Waals surface area contributed by atoms with Gasteiger partial charge in [-0.15, -0.1) is 0 Å². The molecule has 6 heteroatoms. The quantitative estimate of drug-likeness (QED) is 0.464. The number of nitrogens with zero attached hydrogens (tertiary/aromatic N) is 1. The standard InChI is InChI=1S/C17H16N4O2/c18-16(19)14-3-1-13-8-15(4-2-12(13)7-14)17(22)20-6-5-11-9-21-23-10-11/h1-4,7-10H,5-6H2,(H3,18,19)(H,20,22)/p+1. The summed E-state index contributed by atoms with van der Waals surface area (Å²) in [4.78, 5) is 12.2. The molecule has 0 saturated carbocycles. The molecule has 0 aliphatic heterocycles. The average Bonchev–Trinajstić information content (AvgIpc) is 3.07. The molecule has 116 valence electrons. The van der Waals surface area contributed by atoms with Gasteiger partial charge in [-0.1, -0.05) is 17.3 Å². The molecule has 3 rings (SSSR count). The molecule has 1 amide bonds. The normalized spacial score (nSPS) is 10.6. The minimum Gasteiger partial charge on any atom is -0.364 e. The molecule has 2 aromatic carbocycles. The van der Waals surface area contributed by atoms with Crippen LogP contribution in [0.25, 0.3) is 10.8 Å². The second-order valence-electron chi connectivity index (χ2n) is 5.27. The van der Waals surface area contributed by atoms with Crippen LogP contribution in [0.2, 0.25) is 0 Å². The Hall–Kier alpha value is -3.15. The number of aromatic nitrogens is 1. The predicted octanol–water partition coefficient (Wildman–Crippen LogP) is 0.265. The summed E-state index contributed by atoms with van der Waals surface area (Å²) in [5.41, 5.74) is 7.94. The van der Waals surface area contributed by atoms with Crippen molar-refractivity contribution in [3.8, 4) is 0 Å². The molecule has 0 saturated heterocycles.